The van der Waals surface area contributed by atoms with E-state index < -0.39 is 27.6 Å². The molecule has 4 nitrogen and oxygen atoms in total. The maximum atomic E-state index is 12.5. The van der Waals surface area contributed by atoms with Crippen molar-refractivity contribution < 1.29 is 33.7 Å². The summed E-state index contributed by atoms with van der Waals surface area (Å²) in [6, 6.07) is 4.40. The molecule has 0 fully saturated rings. The molecule has 1 aromatic heterocycles. The lowest BCUT2D eigenvalue weighted by molar-refractivity contribution is 0.0992. The molecule has 0 atom stereocenters. The molecular weight excluding hydrogens is 333 g/mol. The second-order valence-electron chi connectivity index (χ2n) is 4.37. The van der Waals surface area contributed by atoms with Crippen LogP contribution >= 0.6 is 10.2 Å². The van der Waals surface area contributed by atoms with Crippen LogP contribution in [0.5, 0.6) is 0 Å². The third-order valence-corrected chi connectivity index (χ3v) is 3.76. The zero-order valence-corrected chi connectivity index (χ0v) is 11.5. The quantitative estimate of drug-likeness (QED) is 0.792. The molecule has 1 amide bonds. The van der Waals surface area contributed by atoms with Gasteiger partial charge < -0.3 is 14.8 Å². The van der Waals surface area contributed by atoms with Crippen molar-refractivity contribution >= 4 is 21.8 Å². The lowest BCUT2D eigenvalue weighted by Crippen LogP contribution is -2.11. The Hall–Kier alpha value is -2.07. The van der Waals surface area contributed by atoms with Gasteiger partial charge in [0.15, 0.2) is 5.76 Å². The largest absolute Gasteiger partial charge is 0.453 e. The molecule has 0 aliphatic carbocycles. The van der Waals surface area contributed by atoms with E-state index in [9.17, 15) is 24.2 Å². The van der Waals surface area contributed by atoms with Gasteiger partial charge >= 0.3 is 10.2 Å². The molecule has 0 bridgehead atoms. The smallest absolute Gasteiger partial charge is 0.310 e. The van der Waals surface area contributed by atoms with E-state index in [1.807, 2.05) is 0 Å². The Morgan fingerprint density at radius 2 is 1.64 bits per heavy atom. The number of hydrogen-bond acceptors (Lipinski definition) is 3. The van der Waals surface area contributed by atoms with Gasteiger partial charge in [0.25, 0.3) is 5.91 Å². The van der Waals surface area contributed by atoms with Crippen LogP contribution in [0.25, 0.3) is 0 Å². The van der Waals surface area contributed by atoms with Crippen LogP contribution in [0.4, 0.5) is 25.1 Å². The minimum atomic E-state index is -9.73. The average molecular weight is 343 g/mol. The van der Waals surface area contributed by atoms with Gasteiger partial charge in [0, 0.05) is 5.69 Å². The Balaban J connectivity index is 2.17. The summed E-state index contributed by atoms with van der Waals surface area (Å²) < 4.78 is 67.5. The lowest BCUT2D eigenvalue weighted by atomic mass is 10.3. The second-order valence-corrected chi connectivity index (χ2v) is 6.78. The van der Waals surface area contributed by atoms with Gasteiger partial charge in [-0.25, -0.2) is 0 Å². The van der Waals surface area contributed by atoms with E-state index in [-0.39, 0.29) is 29.3 Å². The van der Waals surface area contributed by atoms with Gasteiger partial charge in [0.1, 0.15) is 17.3 Å². The third-order valence-electron chi connectivity index (χ3n) is 2.60. The van der Waals surface area contributed by atoms with Crippen molar-refractivity contribution in [3.05, 3.63) is 47.9 Å². The van der Waals surface area contributed by atoms with E-state index in [0.717, 1.165) is 0 Å². The van der Waals surface area contributed by atoms with Crippen molar-refractivity contribution in [1.82, 2.24) is 0 Å². The molecule has 22 heavy (non-hydrogen) atoms. The molecule has 0 spiro atoms. The molecule has 2 aromatic rings. The summed E-state index contributed by atoms with van der Waals surface area (Å²) in [4.78, 5) is 9.66. The summed E-state index contributed by atoms with van der Waals surface area (Å²) in [6.07, 6.45) is 0. The van der Waals surface area contributed by atoms with Crippen LogP contribution in [-0.4, -0.2) is 11.0 Å². The first-order valence-electron chi connectivity index (χ1n) is 5.74. The van der Waals surface area contributed by atoms with Gasteiger partial charge in [-0.3, -0.25) is 4.79 Å². The Kier molecular flexibility index (Phi) is 3.31. The molecule has 0 aliphatic heterocycles. The van der Waals surface area contributed by atoms with Crippen molar-refractivity contribution in [3.63, 3.8) is 0 Å². The molecule has 2 rings (SSSR count). The fraction of sp³-hybridized carbons (Fsp3) is 0.0833. The summed E-state index contributed by atoms with van der Waals surface area (Å²) in [5.74, 6) is -0.845. The number of aliphatic hydroxyl groups excluding tert-OH is 1. The summed E-state index contributed by atoms with van der Waals surface area (Å²) in [7, 11) is -9.73. The molecule has 1 heterocycles. The van der Waals surface area contributed by atoms with E-state index in [1.54, 1.807) is 0 Å². The van der Waals surface area contributed by atoms with E-state index in [4.69, 9.17) is 9.52 Å². The van der Waals surface area contributed by atoms with Crippen molar-refractivity contribution in [2.45, 2.75) is 11.5 Å². The van der Waals surface area contributed by atoms with Crippen molar-refractivity contribution in [3.8, 4) is 0 Å². The molecular formula is C12H10F5NO3S. The van der Waals surface area contributed by atoms with Crippen LogP contribution in [0, 0.1) is 0 Å². The number of nitrogens with one attached hydrogen (secondary N) is 1. The predicted molar refractivity (Wildman–Crippen MR) is 70.4 cm³/mol. The summed E-state index contributed by atoms with van der Waals surface area (Å²) >= 11 is 0. The van der Waals surface area contributed by atoms with Gasteiger partial charge in [-0.05, 0) is 36.4 Å². The minimum Gasteiger partial charge on any atom is -0.453 e. The first kappa shape index (κ1) is 16.3. The maximum Gasteiger partial charge on any atom is 0.310 e. The van der Waals surface area contributed by atoms with Crippen LogP contribution in [0.2, 0.25) is 0 Å². The van der Waals surface area contributed by atoms with Crippen molar-refractivity contribution in [1.29, 1.82) is 0 Å². The zero-order chi connectivity index (χ0) is 16.7. The first-order valence-corrected chi connectivity index (χ1v) is 7.69. The molecule has 0 radical (unpaired) electrons. The highest BCUT2D eigenvalue weighted by molar-refractivity contribution is 8.45. The monoisotopic (exact) mass is 343 g/mol. The zero-order valence-electron chi connectivity index (χ0n) is 10.7. The van der Waals surface area contributed by atoms with Crippen LogP contribution in [0.15, 0.2) is 45.7 Å². The number of carbonyl (C=O) groups excluding carboxylic acids is 1. The molecule has 122 valence electrons. The highest BCUT2D eigenvalue weighted by Gasteiger charge is 2.65. The fourth-order valence-corrected chi connectivity index (χ4v) is 2.22. The Bertz CT molecular complexity index is 709. The van der Waals surface area contributed by atoms with Crippen LogP contribution in [0.1, 0.15) is 16.3 Å². The molecule has 10 heteroatoms. The van der Waals surface area contributed by atoms with E-state index in [2.05, 4.69) is 5.32 Å². The predicted octanol–water partition coefficient (Wildman–Crippen LogP) is 4.68. The number of furan rings is 1. The van der Waals surface area contributed by atoms with Crippen molar-refractivity contribution in [2.75, 3.05) is 5.32 Å². The van der Waals surface area contributed by atoms with Crippen LogP contribution in [0.3, 0.4) is 0 Å². The lowest BCUT2D eigenvalue weighted by Gasteiger charge is -2.40. The van der Waals surface area contributed by atoms with Crippen LogP contribution < -0.4 is 5.32 Å². The second kappa shape index (κ2) is 4.46. The number of halogens is 5. The Labute approximate surface area is 121 Å². The molecule has 0 unspecified atom stereocenters. The first-order chi connectivity index (χ1) is 9.89. The molecule has 0 saturated carbocycles. The SMILES string of the molecule is O=C(Nc1ccc(S(F)(F)(F)(F)F)cc1)c1ccc(CO)o1. The highest BCUT2D eigenvalue weighted by Crippen LogP contribution is 3.02. The number of amides is 1. The highest BCUT2D eigenvalue weighted by atomic mass is 32.5. The normalized spacial score (nSPS) is 15.0. The van der Waals surface area contributed by atoms with Gasteiger partial charge in [0.2, 0.25) is 0 Å². The van der Waals surface area contributed by atoms with E-state index in [0.29, 0.717) is 12.1 Å². The molecule has 0 saturated heterocycles. The maximum absolute atomic E-state index is 12.5. The van der Waals surface area contributed by atoms with E-state index in [1.165, 1.54) is 12.1 Å². The standard InChI is InChI=1S/C12H10F5NO3S/c13-22(14,15,16,17)10-4-1-8(2-5-10)18-12(20)11-6-3-9(7-19)21-11/h1-6,19H,7H2,(H,18,20). The van der Waals surface area contributed by atoms with Gasteiger partial charge in [-0.1, -0.05) is 19.4 Å². The van der Waals surface area contributed by atoms with Gasteiger partial charge in [0.05, 0.1) is 0 Å². The van der Waals surface area contributed by atoms with Gasteiger partial charge in [-0.15, -0.1) is 0 Å². The summed E-state index contributed by atoms with van der Waals surface area (Å²) in [5, 5.41) is 11.0. The Morgan fingerprint density at radius 3 is 2.09 bits per heavy atom. The number of hydrogen-bond donors (Lipinski definition) is 2. The van der Waals surface area contributed by atoms with E-state index >= 15 is 0 Å². The number of benzene rings is 1. The number of carbonyl (C=O) groups is 1. The number of aliphatic hydroxyl groups is 1. The van der Waals surface area contributed by atoms with Gasteiger partial charge in [-0.2, -0.15) is 0 Å². The minimum absolute atomic E-state index is 0.113. The number of rotatable bonds is 4. The topological polar surface area (TPSA) is 62.5 Å². The molecule has 0 aliphatic rings. The van der Waals surface area contributed by atoms with Crippen LogP contribution in [-0.2, 0) is 6.61 Å². The molecule has 2 N–H and O–H groups in total. The third kappa shape index (κ3) is 3.77. The summed E-state index contributed by atoms with van der Waals surface area (Å²) in [5.41, 5.74) is -0.113. The number of anilines is 1. The fourth-order valence-electron chi connectivity index (χ4n) is 1.57. The molecule has 1 aromatic carbocycles. The Morgan fingerprint density at radius 1 is 1.05 bits per heavy atom. The van der Waals surface area contributed by atoms with Crippen molar-refractivity contribution in [2.24, 2.45) is 0 Å². The summed E-state index contributed by atoms with van der Waals surface area (Å²) in [6.45, 7) is -0.425. The average Bonchev–Trinajstić information content (AvgIpc) is 2.85.